The maximum absolute atomic E-state index is 13.9. The molecule has 8 atom stereocenters. The van der Waals surface area contributed by atoms with Crippen molar-refractivity contribution >= 4 is 23.5 Å². The Labute approximate surface area is 220 Å². The van der Waals surface area contributed by atoms with Gasteiger partial charge in [-0.2, -0.15) is 0 Å². The second-order valence-electron chi connectivity index (χ2n) is 12.3. The van der Waals surface area contributed by atoms with Gasteiger partial charge in [0.1, 0.15) is 0 Å². The van der Waals surface area contributed by atoms with Crippen LogP contribution in [-0.2, 0) is 28.7 Å². The number of Topliss-reactive ketones (excluding diaryl/α,β-unsaturated/α-hetero) is 1. The number of hydrogen-bond donors (Lipinski definition) is 1. The Bertz CT molecular complexity index is 1030. The molecule has 0 amide bonds. The number of allylic oxidation sites excluding steroid dienone is 4. The fourth-order valence-corrected chi connectivity index (χ4v) is 8.22. The molecule has 0 aromatic heterocycles. The minimum absolute atomic E-state index is 0.0526. The van der Waals surface area contributed by atoms with Gasteiger partial charge in [0.25, 0.3) is 0 Å². The van der Waals surface area contributed by atoms with Crippen molar-refractivity contribution in [2.75, 3.05) is 13.2 Å². The van der Waals surface area contributed by atoms with Gasteiger partial charge in [0, 0.05) is 17.3 Å². The number of aliphatic hydroxyl groups excluding tert-OH is 1. The minimum Gasteiger partial charge on any atom is -0.457 e. The molecular formula is C30H42O7. The first-order valence-corrected chi connectivity index (χ1v) is 13.9. The number of esters is 2. The normalized spacial score (nSPS) is 39.1. The number of rotatable bonds is 8. The van der Waals surface area contributed by atoms with Gasteiger partial charge in [-0.25, -0.2) is 0 Å². The van der Waals surface area contributed by atoms with Crippen molar-refractivity contribution < 1.29 is 33.8 Å². The first-order valence-electron chi connectivity index (χ1n) is 13.9. The van der Waals surface area contributed by atoms with Gasteiger partial charge in [-0.1, -0.05) is 39.3 Å². The second kappa shape index (κ2) is 10.1. The molecule has 0 aliphatic heterocycles. The van der Waals surface area contributed by atoms with Crippen LogP contribution >= 0.6 is 0 Å². The first-order chi connectivity index (χ1) is 17.4. The van der Waals surface area contributed by atoms with E-state index >= 15 is 0 Å². The van der Waals surface area contributed by atoms with E-state index in [-0.39, 0.29) is 41.8 Å². The van der Waals surface area contributed by atoms with Crippen molar-refractivity contribution in [3.05, 3.63) is 23.8 Å². The monoisotopic (exact) mass is 514 g/mol. The molecule has 0 aromatic rings. The van der Waals surface area contributed by atoms with Gasteiger partial charge in [-0.15, -0.1) is 0 Å². The number of ether oxygens (including phenoxy) is 2. The van der Waals surface area contributed by atoms with Gasteiger partial charge in [-0.3, -0.25) is 19.2 Å². The highest BCUT2D eigenvalue weighted by Crippen LogP contribution is 2.68. The Kier molecular flexibility index (Phi) is 7.59. The van der Waals surface area contributed by atoms with E-state index in [4.69, 9.17) is 9.47 Å². The summed E-state index contributed by atoms with van der Waals surface area (Å²) in [5.74, 6) is -0.979. The molecule has 1 N–H and O–H groups in total. The van der Waals surface area contributed by atoms with Crippen LogP contribution in [0.25, 0.3) is 0 Å². The Morgan fingerprint density at radius 1 is 1.16 bits per heavy atom. The minimum atomic E-state index is -1.34. The van der Waals surface area contributed by atoms with Crippen LogP contribution in [-0.4, -0.2) is 47.4 Å². The van der Waals surface area contributed by atoms with Crippen LogP contribution < -0.4 is 0 Å². The molecule has 0 spiro atoms. The van der Waals surface area contributed by atoms with Crippen molar-refractivity contribution in [3.63, 3.8) is 0 Å². The quantitative estimate of drug-likeness (QED) is 0.480. The molecule has 7 heteroatoms. The number of hydrogen-bond acceptors (Lipinski definition) is 7. The molecule has 204 valence electrons. The maximum Gasteiger partial charge on any atom is 0.311 e. The average Bonchev–Trinajstić information content (AvgIpc) is 3.16. The number of carbonyl (C=O) groups excluding carboxylic acids is 4. The molecule has 37 heavy (non-hydrogen) atoms. The molecule has 7 nitrogen and oxygen atoms in total. The second-order valence-corrected chi connectivity index (χ2v) is 12.3. The molecule has 4 rings (SSSR count). The largest absolute Gasteiger partial charge is 0.457 e. The highest BCUT2D eigenvalue weighted by atomic mass is 16.6. The molecule has 3 saturated carbocycles. The molecule has 0 bridgehead atoms. The maximum atomic E-state index is 13.9. The summed E-state index contributed by atoms with van der Waals surface area (Å²) in [7, 11) is 0. The van der Waals surface area contributed by atoms with Crippen molar-refractivity contribution in [2.24, 2.45) is 40.4 Å². The highest BCUT2D eigenvalue weighted by molar-refractivity contribution is 6.01. The van der Waals surface area contributed by atoms with Crippen molar-refractivity contribution in [1.29, 1.82) is 0 Å². The number of ketones is 2. The Morgan fingerprint density at radius 3 is 2.54 bits per heavy atom. The van der Waals surface area contributed by atoms with Gasteiger partial charge < -0.3 is 14.6 Å². The summed E-state index contributed by atoms with van der Waals surface area (Å²) in [5, 5.41) is 9.27. The third-order valence-corrected chi connectivity index (χ3v) is 10.2. The molecule has 4 aliphatic rings. The molecule has 1 unspecified atom stereocenters. The summed E-state index contributed by atoms with van der Waals surface area (Å²) in [4.78, 5) is 51.1. The molecule has 0 radical (unpaired) electrons. The lowest BCUT2D eigenvalue weighted by Crippen LogP contribution is -2.60. The van der Waals surface area contributed by atoms with Gasteiger partial charge in [0.05, 0.1) is 12.5 Å². The summed E-state index contributed by atoms with van der Waals surface area (Å²) < 4.78 is 11.4. The smallest absolute Gasteiger partial charge is 0.311 e. The third-order valence-electron chi connectivity index (χ3n) is 10.2. The lowest BCUT2D eigenvalue weighted by molar-refractivity contribution is -0.192. The van der Waals surface area contributed by atoms with E-state index in [2.05, 4.69) is 26.8 Å². The number of fused-ring (bicyclic) bond motifs is 5. The SMILES string of the molecule is CCCC(=O)O[C@]1(C(=O)COC(=O)C(C)CO)CC[C@H]2[C@@H]3C[C@H](C)C4=CC(=O)C=C[C@]4(C)[C@H]3CC[C@@]21C. The number of carbonyl (C=O) groups is 4. The molecule has 3 fully saturated rings. The summed E-state index contributed by atoms with van der Waals surface area (Å²) >= 11 is 0. The van der Waals surface area contributed by atoms with E-state index in [0.29, 0.717) is 31.1 Å². The van der Waals surface area contributed by atoms with E-state index in [1.54, 1.807) is 13.0 Å². The zero-order valence-corrected chi connectivity index (χ0v) is 22.9. The number of aliphatic hydroxyl groups is 1. The van der Waals surface area contributed by atoms with Gasteiger partial charge in [-0.05, 0) is 81.3 Å². The molecule has 4 aliphatic carbocycles. The van der Waals surface area contributed by atoms with E-state index in [1.807, 2.05) is 13.0 Å². The van der Waals surface area contributed by atoms with Crippen LogP contribution in [0.1, 0.15) is 79.6 Å². The summed E-state index contributed by atoms with van der Waals surface area (Å²) in [6, 6.07) is 0. The molecule has 0 heterocycles. The molecular weight excluding hydrogens is 472 g/mol. The summed E-state index contributed by atoms with van der Waals surface area (Å²) in [6.07, 6.45) is 10.1. The Hall–Kier alpha value is -2.28. The lowest BCUT2D eigenvalue weighted by Gasteiger charge is -2.59. The fraction of sp³-hybridized carbons (Fsp3) is 0.733. The summed E-state index contributed by atoms with van der Waals surface area (Å²) in [6.45, 7) is 9.14. The van der Waals surface area contributed by atoms with Crippen LogP contribution in [0.4, 0.5) is 0 Å². The van der Waals surface area contributed by atoms with Crippen LogP contribution in [0, 0.1) is 40.4 Å². The third kappa shape index (κ3) is 4.41. The van der Waals surface area contributed by atoms with Crippen LogP contribution in [0.2, 0.25) is 0 Å². The van der Waals surface area contributed by atoms with Crippen molar-refractivity contribution in [1.82, 2.24) is 0 Å². The average molecular weight is 515 g/mol. The highest BCUT2D eigenvalue weighted by Gasteiger charge is 2.69. The van der Waals surface area contributed by atoms with E-state index in [1.165, 1.54) is 5.57 Å². The standard InChI is InChI=1S/C30H42O7/c1-6-7-26(34)37-30(25(33)17-36-27(35)19(3)16-31)13-10-23-21-14-18(2)24-15-20(32)8-11-28(24,4)22(21)9-12-29(23,30)5/h8,11,15,18-19,21-23,31H,6-7,9-10,12-14,16-17H2,1-5H3/t18-,19?,21+,22-,23-,28+,29-,30-/m0/s1. The fourth-order valence-electron chi connectivity index (χ4n) is 8.22. The Morgan fingerprint density at radius 2 is 1.86 bits per heavy atom. The molecule has 0 saturated heterocycles. The van der Waals surface area contributed by atoms with E-state index in [9.17, 15) is 24.3 Å². The zero-order chi connectivity index (χ0) is 27.2. The van der Waals surface area contributed by atoms with Crippen molar-refractivity contribution in [3.8, 4) is 0 Å². The lowest BCUT2D eigenvalue weighted by atomic mass is 9.45. The van der Waals surface area contributed by atoms with Gasteiger partial charge in [0.15, 0.2) is 18.0 Å². The van der Waals surface area contributed by atoms with Crippen LogP contribution in [0.5, 0.6) is 0 Å². The summed E-state index contributed by atoms with van der Waals surface area (Å²) in [5.41, 5.74) is -0.892. The van der Waals surface area contributed by atoms with E-state index in [0.717, 1.165) is 19.3 Å². The van der Waals surface area contributed by atoms with Crippen LogP contribution in [0.3, 0.4) is 0 Å². The van der Waals surface area contributed by atoms with E-state index < -0.39 is 35.5 Å². The predicted molar refractivity (Wildman–Crippen MR) is 137 cm³/mol. The predicted octanol–water partition coefficient (Wildman–Crippen LogP) is 4.36. The van der Waals surface area contributed by atoms with Gasteiger partial charge in [0.2, 0.25) is 5.78 Å². The molecule has 0 aromatic carbocycles. The van der Waals surface area contributed by atoms with Gasteiger partial charge >= 0.3 is 11.9 Å². The zero-order valence-electron chi connectivity index (χ0n) is 22.9. The first kappa shape index (κ1) is 27.7. The Balaban J connectivity index is 1.66. The van der Waals surface area contributed by atoms with Crippen molar-refractivity contribution in [2.45, 2.75) is 85.2 Å². The van der Waals surface area contributed by atoms with Crippen LogP contribution in [0.15, 0.2) is 23.8 Å². The topological polar surface area (TPSA) is 107 Å².